The number of hydrogen-bond acceptors (Lipinski definition) is 3. The van der Waals surface area contributed by atoms with E-state index in [0.29, 0.717) is 23.3 Å². The van der Waals surface area contributed by atoms with Gasteiger partial charge in [0.2, 0.25) is 0 Å². The second-order valence-electron chi connectivity index (χ2n) is 10.1. The average molecular weight is 488 g/mol. The summed E-state index contributed by atoms with van der Waals surface area (Å²) in [5, 5.41) is 10.5. The zero-order valence-electron chi connectivity index (χ0n) is 21.5. The lowest BCUT2D eigenvalue weighted by atomic mass is 9.97. The maximum Gasteiger partial charge on any atom is 0.157 e. The van der Waals surface area contributed by atoms with E-state index in [-0.39, 0.29) is 12.1 Å². The summed E-state index contributed by atoms with van der Waals surface area (Å²) < 4.78 is 27.2. The summed E-state index contributed by atoms with van der Waals surface area (Å²) in [5.41, 5.74) is 3.65. The topological polar surface area (TPSA) is 42.2 Å². The van der Waals surface area contributed by atoms with Crippen LogP contribution in [0.5, 0.6) is 0 Å². The number of nitriles is 1. The molecule has 1 heterocycles. The fourth-order valence-electron chi connectivity index (χ4n) is 5.00. The monoisotopic (exact) mass is 487 g/mol. The molecule has 0 radical (unpaired) electrons. The molecule has 4 rings (SSSR count). The van der Waals surface area contributed by atoms with Gasteiger partial charge in [0.1, 0.15) is 5.82 Å². The van der Waals surface area contributed by atoms with Crippen molar-refractivity contribution in [3.63, 3.8) is 0 Å². The Morgan fingerprint density at radius 2 is 1.58 bits per heavy atom. The van der Waals surface area contributed by atoms with Gasteiger partial charge in [0, 0.05) is 17.7 Å². The second-order valence-corrected chi connectivity index (χ2v) is 10.1. The van der Waals surface area contributed by atoms with Gasteiger partial charge in [-0.15, -0.1) is 0 Å². The van der Waals surface area contributed by atoms with Crippen molar-refractivity contribution in [1.82, 2.24) is 0 Å². The molecule has 0 N–H and O–H groups in total. The third-order valence-corrected chi connectivity index (χ3v) is 7.28. The van der Waals surface area contributed by atoms with Gasteiger partial charge < -0.3 is 9.47 Å². The second kappa shape index (κ2) is 13.5. The molecule has 0 unspecified atom stereocenters. The first kappa shape index (κ1) is 26.3. The molecule has 0 saturated carbocycles. The number of aryl methyl sites for hydroxylation is 3. The standard InChI is InChI=1S/C32H38FNO2/c1-2-3-4-5-6-7-27-22-35-31(36-23-27)19-14-25-13-18-30-29(20-25)17-16-28(32(30)33)15-12-24-8-10-26(21-34)11-9-24/h8-11,13,16-18,20,27,31H,2-7,12,14-15,19,22-23H2,1H3. The van der Waals surface area contributed by atoms with E-state index < -0.39 is 0 Å². The lowest BCUT2D eigenvalue weighted by Gasteiger charge is -2.29. The summed E-state index contributed by atoms with van der Waals surface area (Å²) in [6, 6.07) is 19.6. The fraction of sp³-hybridized carbons (Fsp3) is 0.469. The quantitative estimate of drug-likeness (QED) is 0.244. The average Bonchev–Trinajstić information content (AvgIpc) is 2.92. The molecule has 3 aromatic carbocycles. The van der Waals surface area contributed by atoms with Gasteiger partial charge in [-0.3, -0.25) is 0 Å². The van der Waals surface area contributed by atoms with Crippen molar-refractivity contribution in [2.45, 2.75) is 77.4 Å². The fourth-order valence-corrected chi connectivity index (χ4v) is 5.00. The predicted molar refractivity (Wildman–Crippen MR) is 143 cm³/mol. The van der Waals surface area contributed by atoms with Gasteiger partial charge in [0.25, 0.3) is 0 Å². The van der Waals surface area contributed by atoms with Crippen molar-refractivity contribution in [3.8, 4) is 6.07 Å². The van der Waals surface area contributed by atoms with E-state index in [1.807, 2.05) is 48.5 Å². The zero-order valence-corrected chi connectivity index (χ0v) is 21.5. The van der Waals surface area contributed by atoms with Crippen LogP contribution in [0.15, 0.2) is 54.6 Å². The molecule has 0 spiro atoms. The third-order valence-electron chi connectivity index (χ3n) is 7.28. The Balaban J connectivity index is 1.25. The molecule has 190 valence electrons. The minimum Gasteiger partial charge on any atom is -0.352 e. The lowest BCUT2D eigenvalue weighted by molar-refractivity contribution is -0.203. The molecule has 0 amide bonds. The maximum atomic E-state index is 15.2. The minimum absolute atomic E-state index is 0.132. The highest BCUT2D eigenvalue weighted by Crippen LogP contribution is 2.26. The summed E-state index contributed by atoms with van der Waals surface area (Å²) in [4.78, 5) is 0. The zero-order chi connectivity index (χ0) is 25.2. The van der Waals surface area contributed by atoms with Crippen molar-refractivity contribution in [1.29, 1.82) is 5.26 Å². The number of ether oxygens (including phenoxy) is 2. The molecule has 1 saturated heterocycles. The SMILES string of the molecule is CCCCCCCC1COC(CCc2ccc3c(F)c(CCc4ccc(C#N)cc4)ccc3c2)OC1. The van der Waals surface area contributed by atoms with Crippen molar-refractivity contribution >= 4 is 10.8 Å². The Morgan fingerprint density at radius 1 is 0.833 bits per heavy atom. The van der Waals surface area contributed by atoms with Gasteiger partial charge in [-0.1, -0.05) is 81.5 Å². The van der Waals surface area contributed by atoms with Gasteiger partial charge in [0.05, 0.1) is 24.8 Å². The molecule has 0 aromatic heterocycles. The van der Waals surface area contributed by atoms with E-state index >= 15 is 4.39 Å². The highest BCUT2D eigenvalue weighted by molar-refractivity contribution is 5.84. The Bertz CT molecular complexity index is 1140. The number of nitrogens with zero attached hydrogens (tertiary/aromatic N) is 1. The van der Waals surface area contributed by atoms with Gasteiger partial charge >= 0.3 is 0 Å². The molecular formula is C32H38FNO2. The Kier molecular flexibility index (Phi) is 9.90. The van der Waals surface area contributed by atoms with Crippen LogP contribution < -0.4 is 0 Å². The summed E-state index contributed by atoms with van der Waals surface area (Å²) in [5.74, 6) is 0.394. The van der Waals surface area contributed by atoms with E-state index in [0.717, 1.165) is 49.0 Å². The molecule has 3 aromatic rings. The first-order valence-corrected chi connectivity index (χ1v) is 13.6. The molecule has 1 fully saturated rings. The number of hydrogen-bond donors (Lipinski definition) is 0. The summed E-state index contributed by atoms with van der Waals surface area (Å²) in [7, 11) is 0. The van der Waals surface area contributed by atoms with E-state index in [1.165, 1.54) is 44.1 Å². The van der Waals surface area contributed by atoms with Crippen LogP contribution in [0.2, 0.25) is 0 Å². The molecule has 36 heavy (non-hydrogen) atoms. The lowest BCUT2D eigenvalue weighted by Crippen LogP contribution is -2.32. The normalized spacial score (nSPS) is 17.8. The van der Waals surface area contributed by atoms with Crippen molar-refractivity contribution in [2.75, 3.05) is 13.2 Å². The number of benzene rings is 3. The number of halogens is 1. The summed E-state index contributed by atoms with van der Waals surface area (Å²) in [6.07, 6.45) is 10.6. The first-order chi connectivity index (χ1) is 17.7. The van der Waals surface area contributed by atoms with E-state index in [1.54, 1.807) is 0 Å². The minimum atomic E-state index is -0.140. The molecule has 0 atom stereocenters. The molecule has 0 aliphatic carbocycles. The van der Waals surface area contributed by atoms with E-state index in [4.69, 9.17) is 14.7 Å². The number of rotatable bonds is 12. The Hall–Kier alpha value is -2.74. The van der Waals surface area contributed by atoms with Crippen molar-refractivity contribution in [2.24, 2.45) is 5.92 Å². The van der Waals surface area contributed by atoms with Gasteiger partial charge in [-0.2, -0.15) is 5.26 Å². The van der Waals surface area contributed by atoms with Crippen LogP contribution in [-0.4, -0.2) is 19.5 Å². The Morgan fingerprint density at radius 3 is 2.33 bits per heavy atom. The predicted octanol–water partition coefficient (Wildman–Crippen LogP) is 7.92. The van der Waals surface area contributed by atoms with Gasteiger partial charge in [-0.05, 0) is 59.9 Å². The molecule has 0 bridgehead atoms. The molecule has 4 heteroatoms. The highest BCUT2D eigenvalue weighted by Gasteiger charge is 2.21. The maximum absolute atomic E-state index is 15.2. The largest absolute Gasteiger partial charge is 0.352 e. The van der Waals surface area contributed by atoms with Crippen molar-refractivity contribution < 1.29 is 13.9 Å². The highest BCUT2D eigenvalue weighted by atomic mass is 19.1. The summed E-state index contributed by atoms with van der Waals surface area (Å²) in [6.45, 7) is 3.84. The van der Waals surface area contributed by atoms with Crippen LogP contribution in [0.25, 0.3) is 10.8 Å². The van der Waals surface area contributed by atoms with Crippen molar-refractivity contribution in [3.05, 3.63) is 82.7 Å². The van der Waals surface area contributed by atoms with Crippen LogP contribution in [0.4, 0.5) is 4.39 Å². The number of fused-ring (bicyclic) bond motifs is 1. The first-order valence-electron chi connectivity index (χ1n) is 13.6. The molecule has 1 aliphatic heterocycles. The van der Waals surface area contributed by atoms with Crippen LogP contribution in [0.1, 0.15) is 74.1 Å². The smallest absolute Gasteiger partial charge is 0.157 e. The third kappa shape index (κ3) is 7.38. The molecule has 1 aliphatic rings. The molecular weight excluding hydrogens is 449 g/mol. The van der Waals surface area contributed by atoms with Gasteiger partial charge in [-0.25, -0.2) is 4.39 Å². The van der Waals surface area contributed by atoms with E-state index in [2.05, 4.69) is 19.1 Å². The summed E-state index contributed by atoms with van der Waals surface area (Å²) >= 11 is 0. The van der Waals surface area contributed by atoms with Crippen LogP contribution in [0, 0.1) is 23.1 Å². The van der Waals surface area contributed by atoms with Crippen LogP contribution in [-0.2, 0) is 28.7 Å². The van der Waals surface area contributed by atoms with E-state index in [9.17, 15) is 0 Å². The van der Waals surface area contributed by atoms with Crippen LogP contribution in [0.3, 0.4) is 0 Å². The Labute approximate surface area is 215 Å². The molecule has 3 nitrogen and oxygen atoms in total. The van der Waals surface area contributed by atoms with Gasteiger partial charge in [0.15, 0.2) is 6.29 Å². The number of unbranched alkanes of at least 4 members (excludes halogenated alkanes) is 4. The van der Waals surface area contributed by atoms with Crippen LogP contribution >= 0.6 is 0 Å².